The monoisotopic (exact) mass is 382 g/mol. The molecule has 0 aromatic heterocycles. The van der Waals surface area contributed by atoms with Crippen LogP contribution in [0.2, 0.25) is 0 Å². The van der Waals surface area contributed by atoms with Gasteiger partial charge in [0.15, 0.2) is 5.76 Å². The van der Waals surface area contributed by atoms with E-state index in [9.17, 15) is 14.4 Å². The topological polar surface area (TPSA) is 93.7 Å². The Morgan fingerprint density at radius 3 is 2.33 bits per heavy atom. The summed E-state index contributed by atoms with van der Waals surface area (Å²) in [5.41, 5.74) is -0.623. The van der Waals surface area contributed by atoms with Crippen LogP contribution in [0.5, 0.6) is 0 Å². The van der Waals surface area contributed by atoms with Gasteiger partial charge in [-0.3, -0.25) is 9.59 Å². The second-order valence-electron chi connectivity index (χ2n) is 8.00. The quantitative estimate of drug-likeness (QED) is 0.399. The number of nitrogens with one attached hydrogen (secondary N) is 2. The van der Waals surface area contributed by atoms with Gasteiger partial charge in [-0.05, 0) is 53.0 Å². The predicted octanol–water partition coefficient (Wildman–Crippen LogP) is 3.58. The van der Waals surface area contributed by atoms with E-state index in [0.717, 1.165) is 25.7 Å². The fourth-order valence-electron chi connectivity index (χ4n) is 2.80. The molecule has 1 unspecified atom stereocenters. The van der Waals surface area contributed by atoms with Crippen LogP contribution in [0, 0.1) is 0 Å². The van der Waals surface area contributed by atoms with Crippen molar-refractivity contribution in [1.82, 2.24) is 10.6 Å². The van der Waals surface area contributed by atoms with Crippen molar-refractivity contribution in [1.29, 1.82) is 0 Å². The highest BCUT2D eigenvalue weighted by Crippen LogP contribution is 2.18. The van der Waals surface area contributed by atoms with E-state index < -0.39 is 29.6 Å². The number of esters is 1. The van der Waals surface area contributed by atoms with Crippen LogP contribution in [-0.2, 0) is 19.1 Å². The molecule has 1 rings (SSSR count). The molecule has 27 heavy (non-hydrogen) atoms. The van der Waals surface area contributed by atoms with E-state index in [2.05, 4.69) is 10.6 Å². The summed E-state index contributed by atoms with van der Waals surface area (Å²) in [5.74, 6) is -0.973. The Morgan fingerprint density at radius 2 is 1.78 bits per heavy atom. The minimum Gasteiger partial charge on any atom is -0.444 e. The summed E-state index contributed by atoms with van der Waals surface area (Å²) in [7, 11) is 0. The standard InChI is InChI=1S/C20H34N2O5/c1-6-10-17(23)26-16(18(24)22-15-11-8-7-9-12-15)13-14(2)21-19(25)27-20(3,4)5/h13-15H,6-12H2,1-5H3,(H,21,25)(H,22,24)/b16-13-. The lowest BCUT2D eigenvalue weighted by molar-refractivity contribution is -0.143. The summed E-state index contributed by atoms with van der Waals surface area (Å²) >= 11 is 0. The molecule has 1 fully saturated rings. The Labute approximate surface area is 162 Å². The van der Waals surface area contributed by atoms with Crippen molar-refractivity contribution in [2.75, 3.05) is 0 Å². The summed E-state index contributed by atoms with van der Waals surface area (Å²) in [6.45, 7) is 8.85. The van der Waals surface area contributed by atoms with Gasteiger partial charge in [-0.1, -0.05) is 26.2 Å². The molecule has 0 bridgehead atoms. The smallest absolute Gasteiger partial charge is 0.408 e. The van der Waals surface area contributed by atoms with Crippen LogP contribution in [0.1, 0.15) is 79.6 Å². The van der Waals surface area contributed by atoms with E-state index in [1.165, 1.54) is 12.5 Å². The van der Waals surface area contributed by atoms with Gasteiger partial charge >= 0.3 is 12.1 Å². The van der Waals surface area contributed by atoms with Gasteiger partial charge in [0.1, 0.15) is 5.60 Å². The maximum atomic E-state index is 12.6. The lowest BCUT2D eigenvalue weighted by atomic mass is 9.95. The van der Waals surface area contributed by atoms with Crippen LogP contribution in [0.25, 0.3) is 0 Å². The number of rotatable bonds is 7. The zero-order valence-electron chi connectivity index (χ0n) is 17.2. The molecule has 1 aliphatic carbocycles. The van der Waals surface area contributed by atoms with Crippen LogP contribution in [-0.4, -0.2) is 35.7 Å². The zero-order chi connectivity index (χ0) is 20.4. The van der Waals surface area contributed by atoms with Gasteiger partial charge in [-0.25, -0.2) is 4.79 Å². The summed E-state index contributed by atoms with van der Waals surface area (Å²) in [5, 5.41) is 5.56. The van der Waals surface area contributed by atoms with Gasteiger partial charge < -0.3 is 20.1 Å². The Morgan fingerprint density at radius 1 is 1.15 bits per heavy atom. The SMILES string of the molecule is CCCC(=O)O/C(=C\C(C)NC(=O)OC(C)(C)C)C(=O)NC1CCCCC1. The molecule has 1 aliphatic rings. The van der Waals surface area contributed by atoms with Gasteiger partial charge in [-0.2, -0.15) is 0 Å². The number of hydrogen-bond acceptors (Lipinski definition) is 5. The summed E-state index contributed by atoms with van der Waals surface area (Å²) in [6.07, 6.45) is 6.88. The molecule has 7 nitrogen and oxygen atoms in total. The molecule has 0 spiro atoms. The van der Waals surface area contributed by atoms with Gasteiger partial charge in [0.2, 0.25) is 0 Å². The lowest BCUT2D eigenvalue weighted by Crippen LogP contribution is -2.40. The molecule has 0 aliphatic heterocycles. The number of hydrogen-bond donors (Lipinski definition) is 2. The third-order valence-electron chi connectivity index (χ3n) is 3.99. The van der Waals surface area contributed by atoms with E-state index in [0.29, 0.717) is 6.42 Å². The van der Waals surface area contributed by atoms with Crippen molar-refractivity contribution in [3.63, 3.8) is 0 Å². The van der Waals surface area contributed by atoms with Crippen molar-refractivity contribution < 1.29 is 23.9 Å². The van der Waals surface area contributed by atoms with Gasteiger partial charge in [0.05, 0.1) is 6.04 Å². The number of alkyl carbamates (subject to hydrolysis) is 1. The molecule has 1 saturated carbocycles. The molecule has 0 aromatic carbocycles. The van der Waals surface area contributed by atoms with Gasteiger partial charge in [-0.15, -0.1) is 0 Å². The minimum atomic E-state index is -0.623. The van der Waals surface area contributed by atoms with Crippen molar-refractivity contribution >= 4 is 18.0 Å². The highest BCUT2D eigenvalue weighted by Gasteiger charge is 2.23. The molecule has 154 valence electrons. The maximum absolute atomic E-state index is 12.6. The molecule has 0 saturated heterocycles. The highest BCUT2D eigenvalue weighted by atomic mass is 16.6. The Hall–Kier alpha value is -2.05. The molecule has 0 radical (unpaired) electrons. The van der Waals surface area contributed by atoms with Crippen LogP contribution in [0.4, 0.5) is 4.79 Å². The lowest BCUT2D eigenvalue weighted by Gasteiger charge is -2.24. The maximum Gasteiger partial charge on any atom is 0.408 e. The first kappa shape index (κ1) is 23.0. The Balaban J connectivity index is 2.78. The van der Waals surface area contributed by atoms with Crippen LogP contribution >= 0.6 is 0 Å². The van der Waals surface area contributed by atoms with Crippen molar-refractivity contribution in [2.45, 2.75) is 97.2 Å². The molecule has 2 amide bonds. The van der Waals surface area contributed by atoms with Crippen molar-refractivity contribution in [2.24, 2.45) is 0 Å². The first-order valence-corrected chi connectivity index (χ1v) is 9.83. The number of carbonyl (C=O) groups excluding carboxylic acids is 3. The summed E-state index contributed by atoms with van der Waals surface area (Å²) < 4.78 is 10.5. The van der Waals surface area contributed by atoms with Gasteiger partial charge in [0.25, 0.3) is 5.91 Å². The first-order valence-electron chi connectivity index (χ1n) is 9.83. The van der Waals surface area contributed by atoms with E-state index in [-0.39, 0.29) is 18.2 Å². The molecular weight excluding hydrogens is 348 g/mol. The molecule has 2 N–H and O–H groups in total. The molecule has 7 heteroatoms. The second kappa shape index (κ2) is 10.9. The van der Waals surface area contributed by atoms with E-state index >= 15 is 0 Å². The Bertz CT molecular complexity index is 545. The zero-order valence-corrected chi connectivity index (χ0v) is 17.2. The molecular formula is C20H34N2O5. The highest BCUT2D eigenvalue weighted by molar-refractivity contribution is 5.94. The summed E-state index contributed by atoms with van der Waals surface area (Å²) in [6, 6.07) is -0.449. The minimum absolute atomic E-state index is 0.0809. The number of carbonyl (C=O) groups is 3. The predicted molar refractivity (Wildman–Crippen MR) is 103 cm³/mol. The average molecular weight is 383 g/mol. The van der Waals surface area contributed by atoms with E-state index in [4.69, 9.17) is 9.47 Å². The average Bonchev–Trinajstić information content (AvgIpc) is 2.53. The third-order valence-corrected chi connectivity index (χ3v) is 3.99. The van der Waals surface area contributed by atoms with E-state index in [1.807, 2.05) is 6.92 Å². The van der Waals surface area contributed by atoms with Crippen LogP contribution < -0.4 is 10.6 Å². The number of amides is 2. The largest absolute Gasteiger partial charge is 0.444 e. The molecule has 1 atom stereocenters. The fourth-order valence-corrected chi connectivity index (χ4v) is 2.80. The normalized spacial score (nSPS) is 17.0. The number of ether oxygens (including phenoxy) is 2. The second-order valence-corrected chi connectivity index (χ2v) is 8.00. The third kappa shape index (κ3) is 10.0. The summed E-state index contributed by atoms with van der Waals surface area (Å²) in [4.78, 5) is 36.4. The fraction of sp³-hybridized carbons (Fsp3) is 0.750. The van der Waals surface area contributed by atoms with Crippen LogP contribution in [0.15, 0.2) is 11.8 Å². The first-order chi connectivity index (χ1) is 12.6. The van der Waals surface area contributed by atoms with Crippen LogP contribution in [0.3, 0.4) is 0 Å². The van der Waals surface area contributed by atoms with E-state index in [1.54, 1.807) is 27.7 Å². The molecule has 0 aromatic rings. The molecule has 0 heterocycles. The van der Waals surface area contributed by atoms with Crippen molar-refractivity contribution in [3.8, 4) is 0 Å². The van der Waals surface area contributed by atoms with Crippen molar-refractivity contribution in [3.05, 3.63) is 11.8 Å². The van der Waals surface area contributed by atoms with Gasteiger partial charge in [0, 0.05) is 12.5 Å². The Kier molecular flexibility index (Phi) is 9.32.